The topological polar surface area (TPSA) is 106 Å². The summed E-state index contributed by atoms with van der Waals surface area (Å²) in [7, 11) is 3.23. The van der Waals surface area contributed by atoms with Gasteiger partial charge in [0.25, 0.3) is 0 Å². The summed E-state index contributed by atoms with van der Waals surface area (Å²) in [4.78, 5) is 22.0. The number of amides is 1. The molecule has 0 saturated carbocycles. The Hall–Kier alpha value is -4.27. The van der Waals surface area contributed by atoms with E-state index in [9.17, 15) is 9.90 Å². The highest BCUT2D eigenvalue weighted by molar-refractivity contribution is 5.68. The molecule has 9 heteroatoms. The Kier molecular flexibility index (Phi) is 7.67. The number of rotatable bonds is 9. The zero-order valence-corrected chi connectivity index (χ0v) is 19.7. The molecule has 0 radical (unpaired) electrons. The first kappa shape index (κ1) is 23.9. The molecule has 1 aromatic heterocycles. The van der Waals surface area contributed by atoms with Crippen molar-refractivity contribution in [1.29, 1.82) is 0 Å². The molecule has 4 rings (SSSR count). The van der Waals surface area contributed by atoms with Crippen LogP contribution in [0.2, 0.25) is 0 Å². The Bertz CT molecular complexity index is 1170. The van der Waals surface area contributed by atoms with Crippen molar-refractivity contribution in [2.24, 2.45) is 0 Å². The number of anilines is 1. The number of carboxylic acid groups (broad SMARTS) is 1. The van der Waals surface area contributed by atoms with Gasteiger partial charge in [-0.05, 0) is 60.9 Å². The first-order chi connectivity index (χ1) is 17.1. The number of hydrogen-bond acceptors (Lipinski definition) is 7. The predicted octanol–water partition coefficient (Wildman–Crippen LogP) is 5.01. The summed E-state index contributed by atoms with van der Waals surface area (Å²) in [5, 5.41) is 12.7. The van der Waals surface area contributed by atoms with Crippen molar-refractivity contribution in [2.45, 2.75) is 18.9 Å². The minimum Gasteiger partial charge on any atom is -0.497 e. The molecule has 2 aromatic carbocycles. The number of aromatic nitrogens is 2. The summed E-state index contributed by atoms with van der Waals surface area (Å²) >= 11 is 0. The van der Waals surface area contributed by atoms with Gasteiger partial charge in [-0.3, -0.25) is 0 Å². The molecule has 0 bridgehead atoms. The predicted molar refractivity (Wildman–Crippen MR) is 133 cm³/mol. The third-order valence-electron chi connectivity index (χ3n) is 5.74. The molecule has 1 amide bonds. The second kappa shape index (κ2) is 11.2. The number of hydrogen-bond donors (Lipinski definition) is 2. The Morgan fingerprint density at radius 3 is 2.37 bits per heavy atom. The van der Waals surface area contributed by atoms with Crippen LogP contribution in [0.5, 0.6) is 23.1 Å². The molecule has 1 saturated heterocycles. The van der Waals surface area contributed by atoms with E-state index in [1.54, 1.807) is 50.8 Å². The van der Waals surface area contributed by atoms with Crippen molar-refractivity contribution < 1.29 is 24.1 Å². The van der Waals surface area contributed by atoms with E-state index < -0.39 is 6.09 Å². The number of benzene rings is 2. The van der Waals surface area contributed by atoms with E-state index in [1.165, 1.54) is 4.90 Å². The van der Waals surface area contributed by atoms with Crippen molar-refractivity contribution in [3.63, 3.8) is 0 Å². The zero-order chi connectivity index (χ0) is 24.6. The van der Waals surface area contributed by atoms with Gasteiger partial charge >= 0.3 is 6.09 Å². The molecule has 35 heavy (non-hydrogen) atoms. The number of carbonyl (C=O) groups is 1. The third kappa shape index (κ3) is 6.20. The normalized spacial score (nSPS) is 15.3. The highest BCUT2D eigenvalue weighted by Crippen LogP contribution is 2.29. The summed E-state index contributed by atoms with van der Waals surface area (Å²) in [5.74, 6) is 2.91. The fraction of sp³-hybridized carbons (Fsp3) is 0.269. The first-order valence-electron chi connectivity index (χ1n) is 11.3. The second-order valence-corrected chi connectivity index (χ2v) is 7.98. The molecular formula is C26H28N4O5. The second-order valence-electron chi connectivity index (χ2n) is 7.98. The summed E-state index contributed by atoms with van der Waals surface area (Å²) in [6.07, 6.45) is 6.10. The van der Waals surface area contributed by atoms with Gasteiger partial charge in [-0.1, -0.05) is 18.2 Å². The molecule has 3 aromatic rings. The fourth-order valence-corrected chi connectivity index (χ4v) is 3.83. The van der Waals surface area contributed by atoms with Crippen molar-refractivity contribution in [3.8, 4) is 23.1 Å². The molecule has 1 aliphatic heterocycles. The van der Waals surface area contributed by atoms with Crippen LogP contribution in [0.15, 0.2) is 54.7 Å². The van der Waals surface area contributed by atoms with Gasteiger partial charge in [0, 0.05) is 13.1 Å². The highest BCUT2D eigenvalue weighted by Gasteiger charge is 2.28. The molecule has 1 atom stereocenters. The molecule has 182 valence electrons. The van der Waals surface area contributed by atoms with E-state index in [0.29, 0.717) is 36.2 Å². The summed E-state index contributed by atoms with van der Waals surface area (Å²) in [6.45, 7) is 0.984. The lowest BCUT2D eigenvalue weighted by Crippen LogP contribution is -2.38. The van der Waals surface area contributed by atoms with Gasteiger partial charge < -0.3 is 29.5 Å². The standard InChI is InChI=1S/C26H28N4O5/c1-33-20-8-5-18(6-9-20)7-14-24-28-17-23(27-16-19-4-3-15-30(19)26(31)32)25(29-24)35-22-12-10-21(34-2)11-13-22/h5-14,17,19,27H,3-4,15-16H2,1-2H3,(H,31,32)/t19-/m0/s1. The highest BCUT2D eigenvalue weighted by atomic mass is 16.5. The zero-order valence-electron chi connectivity index (χ0n) is 19.7. The van der Waals surface area contributed by atoms with Crippen molar-refractivity contribution in [1.82, 2.24) is 14.9 Å². The largest absolute Gasteiger partial charge is 0.497 e. The minimum atomic E-state index is -0.903. The summed E-state index contributed by atoms with van der Waals surface area (Å²) in [5.41, 5.74) is 1.56. The monoisotopic (exact) mass is 476 g/mol. The van der Waals surface area contributed by atoms with E-state index in [1.807, 2.05) is 30.3 Å². The van der Waals surface area contributed by atoms with Gasteiger partial charge in [0.1, 0.15) is 22.9 Å². The van der Waals surface area contributed by atoms with E-state index in [2.05, 4.69) is 15.3 Å². The number of nitrogens with zero attached hydrogens (tertiary/aromatic N) is 3. The SMILES string of the molecule is COc1ccc(C=Cc2ncc(NC[C@@H]3CCCN3C(=O)O)c(Oc3ccc(OC)cc3)n2)cc1. The average molecular weight is 477 g/mol. The van der Waals surface area contributed by atoms with Gasteiger partial charge in [0.2, 0.25) is 5.88 Å². The molecule has 2 N–H and O–H groups in total. The van der Waals surface area contributed by atoms with Crippen LogP contribution in [0.3, 0.4) is 0 Å². The van der Waals surface area contributed by atoms with Crippen LogP contribution in [-0.2, 0) is 0 Å². The lowest BCUT2D eigenvalue weighted by molar-refractivity contribution is 0.142. The van der Waals surface area contributed by atoms with Crippen LogP contribution in [0, 0.1) is 0 Å². The molecule has 0 spiro atoms. The Balaban J connectivity index is 1.55. The van der Waals surface area contributed by atoms with E-state index in [-0.39, 0.29) is 6.04 Å². The summed E-state index contributed by atoms with van der Waals surface area (Å²) < 4.78 is 16.5. The Morgan fingerprint density at radius 2 is 1.71 bits per heavy atom. The number of ether oxygens (including phenoxy) is 3. The smallest absolute Gasteiger partial charge is 0.407 e. The van der Waals surface area contributed by atoms with Gasteiger partial charge in [-0.2, -0.15) is 4.98 Å². The van der Waals surface area contributed by atoms with Crippen molar-refractivity contribution >= 4 is 23.9 Å². The lowest BCUT2D eigenvalue weighted by Gasteiger charge is -2.22. The van der Waals surface area contributed by atoms with Crippen molar-refractivity contribution in [3.05, 3.63) is 66.1 Å². The first-order valence-corrected chi connectivity index (χ1v) is 11.3. The van der Waals surface area contributed by atoms with Gasteiger partial charge in [0.05, 0.1) is 26.5 Å². The Labute approximate surface area is 204 Å². The van der Waals surface area contributed by atoms with Crippen LogP contribution in [0.4, 0.5) is 10.5 Å². The maximum atomic E-state index is 11.5. The maximum Gasteiger partial charge on any atom is 0.407 e. The molecule has 0 aliphatic carbocycles. The van der Waals surface area contributed by atoms with E-state index >= 15 is 0 Å². The molecule has 1 fully saturated rings. The molecular weight excluding hydrogens is 448 g/mol. The molecule has 1 aliphatic rings. The molecule has 0 unspecified atom stereocenters. The Morgan fingerprint density at radius 1 is 1.06 bits per heavy atom. The van der Waals surface area contributed by atoms with Crippen LogP contribution in [0.1, 0.15) is 24.2 Å². The van der Waals surface area contributed by atoms with Gasteiger partial charge in [0.15, 0.2) is 5.82 Å². The van der Waals surface area contributed by atoms with Gasteiger partial charge in [-0.25, -0.2) is 9.78 Å². The van der Waals surface area contributed by atoms with Crippen LogP contribution in [0.25, 0.3) is 12.2 Å². The minimum absolute atomic E-state index is 0.115. The van der Waals surface area contributed by atoms with E-state index in [4.69, 9.17) is 14.2 Å². The lowest BCUT2D eigenvalue weighted by atomic mass is 10.2. The average Bonchev–Trinajstić information content (AvgIpc) is 3.37. The fourth-order valence-electron chi connectivity index (χ4n) is 3.83. The molecule has 9 nitrogen and oxygen atoms in total. The number of nitrogens with one attached hydrogen (secondary N) is 1. The molecule has 2 heterocycles. The quantitative estimate of drug-likeness (QED) is 0.444. The number of methoxy groups -OCH3 is 2. The van der Waals surface area contributed by atoms with Crippen LogP contribution in [-0.4, -0.2) is 59.4 Å². The van der Waals surface area contributed by atoms with Gasteiger partial charge in [-0.15, -0.1) is 0 Å². The summed E-state index contributed by atoms with van der Waals surface area (Å²) in [6, 6.07) is 14.7. The maximum absolute atomic E-state index is 11.5. The van der Waals surface area contributed by atoms with Crippen LogP contribution < -0.4 is 19.5 Å². The van der Waals surface area contributed by atoms with E-state index in [0.717, 1.165) is 29.9 Å². The van der Waals surface area contributed by atoms with Crippen molar-refractivity contribution in [2.75, 3.05) is 32.6 Å². The number of likely N-dealkylation sites (tertiary alicyclic amines) is 1. The van der Waals surface area contributed by atoms with Crippen LogP contribution >= 0.6 is 0 Å². The third-order valence-corrected chi connectivity index (χ3v) is 5.74.